The second-order valence-electron chi connectivity index (χ2n) is 7.57. The van der Waals surface area contributed by atoms with Gasteiger partial charge in [0.25, 0.3) is 5.91 Å². The fraction of sp³-hybridized carbons (Fsp3) is 0.667. The lowest BCUT2D eigenvalue weighted by atomic mass is 9.79. The zero-order valence-corrected chi connectivity index (χ0v) is 16.2. The predicted octanol–water partition coefficient (Wildman–Crippen LogP) is 3.13. The van der Waals surface area contributed by atoms with Gasteiger partial charge in [0, 0.05) is 25.2 Å². The van der Waals surface area contributed by atoms with Gasteiger partial charge in [0.2, 0.25) is 0 Å². The summed E-state index contributed by atoms with van der Waals surface area (Å²) < 4.78 is 24.4. The molecule has 2 aliphatic rings. The van der Waals surface area contributed by atoms with Crippen LogP contribution in [0.2, 0.25) is 0 Å². The van der Waals surface area contributed by atoms with Crippen LogP contribution in [0.25, 0.3) is 0 Å². The first-order valence-corrected chi connectivity index (χ1v) is 10.2. The lowest BCUT2D eigenvalue weighted by molar-refractivity contribution is -0.129. The number of rotatable bonds is 7. The molecule has 1 atom stereocenters. The first kappa shape index (κ1) is 20.1. The number of nitrogens with zero attached hydrogens (tertiary/aromatic N) is 1. The SMILES string of the molecule is CCC(Oc1ccc(F)cc1)C(=O)NCC1(N2CCOCC2)CCCCC1. The molecule has 1 saturated carbocycles. The van der Waals surface area contributed by atoms with Gasteiger partial charge in [-0.1, -0.05) is 26.2 Å². The molecule has 27 heavy (non-hydrogen) atoms. The maximum atomic E-state index is 13.1. The Morgan fingerprint density at radius 2 is 1.89 bits per heavy atom. The van der Waals surface area contributed by atoms with E-state index in [1.54, 1.807) is 12.1 Å². The van der Waals surface area contributed by atoms with Crippen molar-refractivity contribution in [2.75, 3.05) is 32.8 Å². The van der Waals surface area contributed by atoms with Crippen LogP contribution in [-0.2, 0) is 9.53 Å². The van der Waals surface area contributed by atoms with Gasteiger partial charge in [0.1, 0.15) is 11.6 Å². The third-order valence-electron chi connectivity index (χ3n) is 5.81. The Morgan fingerprint density at radius 3 is 2.52 bits per heavy atom. The average molecular weight is 378 g/mol. The normalized spacial score (nSPS) is 21.4. The van der Waals surface area contributed by atoms with Crippen LogP contribution < -0.4 is 10.1 Å². The summed E-state index contributed by atoms with van der Waals surface area (Å²) in [5.74, 6) is 0.101. The number of nitrogens with one attached hydrogen (secondary N) is 1. The second-order valence-corrected chi connectivity index (χ2v) is 7.57. The maximum absolute atomic E-state index is 13.1. The van der Waals surface area contributed by atoms with Crippen molar-refractivity contribution in [3.05, 3.63) is 30.1 Å². The van der Waals surface area contributed by atoms with E-state index in [1.165, 1.54) is 31.4 Å². The van der Waals surface area contributed by atoms with Crippen LogP contribution >= 0.6 is 0 Å². The minimum Gasteiger partial charge on any atom is -0.481 e. The standard InChI is InChI=1S/C21H31FN2O3/c1-2-19(27-18-8-6-17(22)7-9-18)20(25)23-16-21(10-4-3-5-11-21)24-12-14-26-15-13-24/h6-9,19H,2-5,10-16H2,1H3,(H,23,25). The van der Waals surface area contributed by atoms with Gasteiger partial charge in [-0.2, -0.15) is 0 Å². The van der Waals surface area contributed by atoms with Crippen molar-refractivity contribution in [1.29, 1.82) is 0 Å². The fourth-order valence-corrected chi connectivity index (χ4v) is 4.22. The molecule has 2 fully saturated rings. The van der Waals surface area contributed by atoms with Crippen molar-refractivity contribution in [1.82, 2.24) is 10.2 Å². The quantitative estimate of drug-likeness (QED) is 0.792. The Bertz CT molecular complexity index is 596. The second kappa shape index (κ2) is 9.51. The van der Waals surface area contributed by atoms with Crippen LogP contribution in [0.1, 0.15) is 45.4 Å². The van der Waals surface area contributed by atoms with Crippen LogP contribution in [-0.4, -0.2) is 55.3 Å². The molecule has 1 aliphatic carbocycles. The van der Waals surface area contributed by atoms with E-state index in [9.17, 15) is 9.18 Å². The van der Waals surface area contributed by atoms with Crippen molar-refractivity contribution >= 4 is 5.91 Å². The molecular weight excluding hydrogens is 347 g/mol. The number of hydrogen-bond donors (Lipinski definition) is 1. The Labute approximate surface area is 161 Å². The summed E-state index contributed by atoms with van der Waals surface area (Å²) in [5.41, 5.74) is 0.0336. The molecule has 5 nitrogen and oxygen atoms in total. The number of halogens is 1. The number of carbonyl (C=O) groups excluding carboxylic acids is 1. The van der Waals surface area contributed by atoms with E-state index in [2.05, 4.69) is 10.2 Å². The van der Waals surface area contributed by atoms with Crippen LogP contribution in [0.15, 0.2) is 24.3 Å². The van der Waals surface area contributed by atoms with Crippen molar-refractivity contribution in [2.24, 2.45) is 0 Å². The van der Waals surface area contributed by atoms with Gasteiger partial charge in [-0.15, -0.1) is 0 Å². The smallest absolute Gasteiger partial charge is 0.261 e. The van der Waals surface area contributed by atoms with Crippen LogP contribution in [0.3, 0.4) is 0 Å². The molecule has 1 saturated heterocycles. The maximum Gasteiger partial charge on any atom is 0.261 e. The zero-order chi connectivity index (χ0) is 19.1. The van der Waals surface area contributed by atoms with Gasteiger partial charge in [-0.3, -0.25) is 9.69 Å². The molecule has 150 valence electrons. The van der Waals surface area contributed by atoms with Gasteiger partial charge in [-0.05, 0) is 43.5 Å². The summed E-state index contributed by atoms with van der Waals surface area (Å²) in [6, 6.07) is 5.80. The molecule has 1 aromatic carbocycles. The summed E-state index contributed by atoms with van der Waals surface area (Å²) in [6.45, 7) is 5.96. The van der Waals surface area contributed by atoms with E-state index in [0.29, 0.717) is 18.7 Å². The zero-order valence-electron chi connectivity index (χ0n) is 16.2. The molecule has 1 unspecified atom stereocenters. The molecule has 0 spiro atoms. The monoisotopic (exact) mass is 378 g/mol. The highest BCUT2D eigenvalue weighted by Crippen LogP contribution is 2.34. The van der Waals surface area contributed by atoms with E-state index in [0.717, 1.165) is 39.1 Å². The highest BCUT2D eigenvalue weighted by molar-refractivity contribution is 5.81. The summed E-state index contributed by atoms with van der Waals surface area (Å²) >= 11 is 0. The summed E-state index contributed by atoms with van der Waals surface area (Å²) in [5, 5.41) is 3.15. The fourth-order valence-electron chi connectivity index (χ4n) is 4.22. The lowest BCUT2D eigenvalue weighted by Crippen LogP contribution is -2.60. The number of morpholine rings is 1. The number of benzene rings is 1. The predicted molar refractivity (Wildman–Crippen MR) is 102 cm³/mol. The van der Waals surface area contributed by atoms with Gasteiger partial charge >= 0.3 is 0 Å². The van der Waals surface area contributed by atoms with E-state index in [4.69, 9.17) is 9.47 Å². The Hall–Kier alpha value is -1.66. The van der Waals surface area contributed by atoms with Crippen LogP contribution in [0.4, 0.5) is 4.39 Å². The first-order valence-electron chi connectivity index (χ1n) is 10.2. The summed E-state index contributed by atoms with van der Waals surface area (Å²) in [4.78, 5) is 15.3. The van der Waals surface area contributed by atoms with E-state index >= 15 is 0 Å². The Kier molecular flexibility index (Phi) is 7.07. The molecule has 0 bridgehead atoms. The minimum absolute atomic E-state index is 0.0336. The highest BCUT2D eigenvalue weighted by atomic mass is 19.1. The molecule has 1 aromatic rings. The van der Waals surface area contributed by atoms with Gasteiger partial charge < -0.3 is 14.8 Å². The van der Waals surface area contributed by atoms with Crippen molar-refractivity contribution in [3.63, 3.8) is 0 Å². The van der Waals surface area contributed by atoms with Crippen molar-refractivity contribution in [3.8, 4) is 5.75 Å². The molecule has 1 N–H and O–H groups in total. The van der Waals surface area contributed by atoms with E-state index in [1.807, 2.05) is 6.92 Å². The van der Waals surface area contributed by atoms with Crippen LogP contribution in [0, 0.1) is 5.82 Å². The molecule has 1 aliphatic heterocycles. The number of carbonyl (C=O) groups is 1. The first-order chi connectivity index (χ1) is 13.1. The topological polar surface area (TPSA) is 50.8 Å². The van der Waals surface area contributed by atoms with Gasteiger partial charge in [0.05, 0.1) is 13.2 Å². The molecule has 6 heteroatoms. The molecule has 1 heterocycles. The van der Waals surface area contributed by atoms with Crippen LogP contribution in [0.5, 0.6) is 5.75 Å². The average Bonchev–Trinajstić information content (AvgIpc) is 2.73. The van der Waals surface area contributed by atoms with Crippen molar-refractivity contribution in [2.45, 2.75) is 57.1 Å². The minimum atomic E-state index is -0.569. The molecule has 1 amide bonds. The molecular formula is C21H31FN2O3. The lowest BCUT2D eigenvalue weighted by Gasteiger charge is -2.48. The number of hydrogen-bond acceptors (Lipinski definition) is 4. The third kappa shape index (κ3) is 5.20. The Balaban J connectivity index is 1.60. The highest BCUT2D eigenvalue weighted by Gasteiger charge is 2.39. The van der Waals surface area contributed by atoms with E-state index in [-0.39, 0.29) is 17.3 Å². The van der Waals surface area contributed by atoms with E-state index < -0.39 is 6.10 Å². The third-order valence-corrected chi connectivity index (χ3v) is 5.81. The molecule has 0 radical (unpaired) electrons. The van der Waals surface area contributed by atoms with Gasteiger partial charge in [0.15, 0.2) is 6.10 Å². The van der Waals surface area contributed by atoms with Gasteiger partial charge in [-0.25, -0.2) is 4.39 Å². The summed E-state index contributed by atoms with van der Waals surface area (Å²) in [7, 11) is 0. The molecule has 3 rings (SSSR count). The summed E-state index contributed by atoms with van der Waals surface area (Å²) in [6.07, 6.45) is 5.90. The van der Waals surface area contributed by atoms with Crippen molar-refractivity contribution < 1.29 is 18.7 Å². The largest absolute Gasteiger partial charge is 0.481 e. The number of ether oxygens (including phenoxy) is 2. The Morgan fingerprint density at radius 1 is 1.22 bits per heavy atom. The molecule has 0 aromatic heterocycles. The number of amides is 1.